The lowest BCUT2D eigenvalue weighted by molar-refractivity contribution is -0.136. The number of hydrogen-bond donors (Lipinski definition) is 0. The Labute approximate surface area is 184 Å². The van der Waals surface area contributed by atoms with Gasteiger partial charge in [-0.2, -0.15) is 0 Å². The van der Waals surface area contributed by atoms with Gasteiger partial charge < -0.3 is 19.4 Å². The smallest absolute Gasteiger partial charge is 0.225 e. The molecule has 0 aliphatic carbocycles. The summed E-state index contributed by atoms with van der Waals surface area (Å²) in [7, 11) is 1.67. The number of ketones is 1. The van der Waals surface area contributed by atoms with Crippen LogP contribution in [-0.2, 0) is 4.79 Å². The molecule has 0 N–H and O–H groups in total. The standard InChI is InChI=1S/C25H31N3O3/c1-19(29)20-3-5-22(6-4-20)26-13-11-21(12-14-26)25(30)28-17-15-27(16-18-28)23-7-9-24(31-2)10-8-23/h3-10,21H,11-18H2,1-2H3. The fourth-order valence-electron chi connectivity index (χ4n) is 4.53. The largest absolute Gasteiger partial charge is 0.497 e. The Morgan fingerprint density at radius 2 is 1.29 bits per heavy atom. The van der Waals surface area contributed by atoms with Crippen molar-refractivity contribution in [2.75, 3.05) is 56.2 Å². The maximum absolute atomic E-state index is 13.1. The highest BCUT2D eigenvalue weighted by Gasteiger charge is 2.30. The van der Waals surface area contributed by atoms with Gasteiger partial charge in [-0.3, -0.25) is 9.59 Å². The Hall–Kier alpha value is -3.02. The number of rotatable bonds is 5. The van der Waals surface area contributed by atoms with Crippen LogP contribution in [-0.4, -0.2) is 63.0 Å². The molecule has 0 spiro atoms. The van der Waals surface area contributed by atoms with E-state index >= 15 is 0 Å². The lowest BCUT2D eigenvalue weighted by Gasteiger charge is -2.39. The summed E-state index contributed by atoms with van der Waals surface area (Å²) in [5.74, 6) is 1.36. The Morgan fingerprint density at radius 3 is 1.81 bits per heavy atom. The van der Waals surface area contributed by atoms with Gasteiger partial charge in [0.05, 0.1) is 7.11 Å². The number of amides is 1. The van der Waals surface area contributed by atoms with Crippen LogP contribution in [0.1, 0.15) is 30.1 Å². The summed E-state index contributed by atoms with van der Waals surface area (Å²) >= 11 is 0. The van der Waals surface area contributed by atoms with Gasteiger partial charge >= 0.3 is 0 Å². The molecule has 4 rings (SSSR count). The fraction of sp³-hybridized carbons (Fsp3) is 0.440. The summed E-state index contributed by atoms with van der Waals surface area (Å²) in [5, 5.41) is 0. The van der Waals surface area contributed by atoms with Crippen molar-refractivity contribution < 1.29 is 14.3 Å². The van der Waals surface area contributed by atoms with Crippen molar-refractivity contribution in [3.05, 3.63) is 54.1 Å². The van der Waals surface area contributed by atoms with Gasteiger partial charge in [0, 0.05) is 62.1 Å². The van der Waals surface area contributed by atoms with Gasteiger partial charge in [0.1, 0.15) is 5.75 Å². The summed E-state index contributed by atoms with van der Waals surface area (Å²) < 4.78 is 5.23. The zero-order valence-electron chi connectivity index (χ0n) is 18.4. The van der Waals surface area contributed by atoms with E-state index in [0.29, 0.717) is 5.91 Å². The van der Waals surface area contributed by atoms with E-state index in [1.165, 1.54) is 5.69 Å². The highest BCUT2D eigenvalue weighted by Crippen LogP contribution is 2.26. The number of ether oxygens (including phenoxy) is 1. The van der Waals surface area contributed by atoms with E-state index in [1.807, 2.05) is 41.3 Å². The molecule has 164 valence electrons. The molecule has 6 heteroatoms. The molecule has 0 atom stereocenters. The molecule has 0 unspecified atom stereocenters. The third-order valence-electron chi connectivity index (χ3n) is 6.51. The number of piperidine rings is 1. The summed E-state index contributed by atoms with van der Waals surface area (Å²) in [6.45, 7) is 6.61. The van der Waals surface area contributed by atoms with Gasteiger partial charge in [0.15, 0.2) is 5.78 Å². The quantitative estimate of drug-likeness (QED) is 0.692. The molecule has 31 heavy (non-hydrogen) atoms. The number of anilines is 2. The molecule has 0 bridgehead atoms. The van der Waals surface area contributed by atoms with Crippen molar-refractivity contribution in [2.24, 2.45) is 5.92 Å². The second kappa shape index (κ2) is 9.41. The number of carbonyl (C=O) groups is 2. The average Bonchev–Trinajstić information content (AvgIpc) is 2.84. The minimum atomic E-state index is 0.0861. The molecular weight excluding hydrogens is 390 g/mol. The van der Waals surface area contributed by atoms with Crippen LogP contribution in [0.15, 0.2) is 48.5 Å². The molecule has 1 amide bonds. The summed E-state index contributed by atoms with van der Waals surface area (Å²) in [6, 6.07) is 15.9. The highest BCUT2D eigenvalue weighted by atomic mass is 16.5. The predicted octanol–water partition coefficient (Wildman–Crippen LogP) is 3.46. The number of hydrogen-bond acceptors (Lipinski definition) is 5. The molecule has 2 saturated heterocycles. The molecule has 2 aromatic rings. The van der Waals surface area contributed by atoms with Gasteiger partial charge in [-0.1, -0.05) is 0 Å². The van der Waals surface area contributed by atoms with Crippen molar-refractivity contribution in [2.45, 2.75) is 19.8 Å². The number of Topliss-reactive ketones (excluding diaryl/α,β-unsaturated/α-hetero) is 1. The van der Waals surface area contributed by atoms with E-state index in [1.54, 1.807) is 14.0 Å². The first-order valence-corrected chi connectivity index (χ1v) is 11.1. The first kappa shape index (κ1) is 21.2. The fourth-order valence-corrected chi connectivity index (χ4v) is 4.53. The minimum absolute atomic E-state index is 0.0861. The molecule has 0 radical (unpaired) electrons. The van der Waals surface area contributed by atoms with Crippen LogP contribution >= 0.6 is 0 Å². The number of piperazine rings is 1. The van der Waals surface area contributed by atoms with Crippen LogP contribution in [0.3, 0.4) is 0 Å². The van der Waals surface area contributed by atoms with Crippen LogP contribution in [0.25, 0.3) is 0 Å². The molecule has 2 aliphatic heterocycles. The van der Waals surface area contributed by atoms with Gasteiger partial charge in [-0.05, 0) is 68.3 Å². The zero-order valence-corrected chi connectivity index (χ0v) is 18.4. The summed E-state index contributed by atoms with van der Waals surface area (Å²) in [4.78, 5) is 31.2. The lowest BCUT2D eigenvalue weighted by Crippen LogP contribution is -2.51. The second-order valence-corrected chi connectivity index (χ2v) is 8.37. The van der Waals surface area contributed by atoms with E-state index < -0.39 is 0 Å². The van der Waals surface area contributed by atoms with Crippen LogP contribution < -0.4 is 14.5 Å². The van der Waals surface area contributed by atoms with Gasteiger partial charge in [0.2, 0.25) is 5.91 Å². The maximum atomic E-state index is 13.1. The second-order valence-electron chi connectivity index (χ2n) is 8.37. The van der Waals surface area contributed by atoms with Crippen molar-refractivity contribution in [3.8, 4) is 5.75 Å². The Kier molecular flexibility index (Phi) is 6.44. The first-order valence-electron chi connectivity index (χ1n) is 11.1. The Bertz CT molecular complexity index is 895. The minimum Gasteiger partial charge on any atom is -0.497 e. The lowest BCUT2D eigenvalue weighted by atomic mass is 9.94. The van der Waals surface area contributed by atoms with Gasteiger partial charge in [-0.25, -0.2) is 0 Å². The molecule has 2 aromatic carbocycles. The zero-order chi connectivity index (χ0) is 21.8. The molecule has 0 aromatic heterocycles. The Morgan fingerprint density at radius 1 is 0.774 bits per heavy atom. The van der Waals surface area contributed by atoms with Crippen molar-refractivity contribution in [1.82, 2.24) is 4.90 Å². The topological polar surface area (TPSA) is 53.1 Å². The normalized spacial score (nSPS) is 17.5. The van der Waals surface area contributed by atoms with E-state index in [4.69, 9.17) is 4.74 Å². The molecule has 2 aliphatic rings. The van der Waals surface area contributed by atoms with Gasteiger partial charge in [0.25, 0.3) is 0 Å². The number of nitrogens with zero attached hydrogens (tertiary/aromatic N) is 3. The van der Waals surface area contributed by atoms with Crippen LogP contribution in [0.4, 0.5) is 11.4 Å². The highest BCUT2D eigenvalue weighted by molar-refractivity contribution is 5.94. The SMILES string of the molecule is COc1ccc(N2CCN(C(=O)C3CCN(c4ccc(C(C)=O)cc4)CC3)CC2)cc1. The molecular formula is C25H31N3O3. The molecule has 2 heterocycles. The summed E-state index contributed by atoms with van der Waals surface area (Å²) in [6.07, 6.45) is 1.76. The van der Waals surface area contributed by atoms with Crippen LogP contribution in [0.2, 0.25) is 0 Å². The maximum Gasteiger partial charge on any atom is 0.225 e. The van der Waals surface area contributed by atoms with Crippen LogP contribution in [0, 0.1) is 5.92 Å². The van der Waals surface area contributed by atoms with E-state index in [2.05, 4.69) is 21.9 Å². The van der Waals surface area contributed by atoms with Crippen LogP contribution in [0.5, 0.6) is 5.75 Å². The van der Waals surface area contributed by atoms with E-state index in [0.717, 1.165) is 69.1 Å². The van der Waals surface area contributed by atoms with E-state index in [-0.39, 0.29) is 11.7 Å². The average molecular weight is 422 g/mol. The Balaban J connectivity index is 1.26. The number of benzene rings is 2. The number of methoxy groups -OCH3 is 1. The first-order chi connectivity index (χ1) is 15.0. The molecule has 0 saturated carbocycles. The van der Waals surface area contributed by atoms with Crippen molar-refractivity contribution in [3.63, 3.8) is 0 Å². The van der Waals surface area contributed by atoms with E-state index in [9.17, 15) is 9.59 Å². The number of carbonyl (C=O) groups excluding carboxylic acids is 2. The molecule has 6 nitrogen and oxygen atoms in total. The molecule has 2 fully saturated rings. The van der Waals surface area contributed by atoms with Crippen molar-refractivity contribution >= 4 is 23.1 Å². The van der Waals surface area contributed by atoms with Crippen molar-refractivity contribution in [1.29, 1.82) is 0 Å². The third kappa shape index (κ3) is 4.84. The monoisotopic (exact) mass is 421 g/mol. The third-order valence-corrected chi connectivity index (χ3v) is 6.51. The summed E-state index contributed by atoms with van der Waals surface area (Å²) in [5.41, 5.74) is 3.04. The predicted molar refractivity (Wildman–Crippen MR) is 123 cm³/mol. The van der Waals surface area contributed by atoms with Gasteiger partial charge in [-0.15, -0.1) is 0 Å².